The van der Waals surface area contributed by atoms with E-state index in [-0.39, 0.29) is 21.4 Å². The second-order valence-electron chi connectivity index (χ2n) is 2.92. The van der Waals surface area contributed by atoms with E-state index in [2.05, 4.69) is 20.8 Å². The molecule has 0 aromatic rings. The van der Waals surface area contributed by atoms with Crippen molar-refractivity contribution in [1.82, 2.24) is 0 Å². The van der Waals surface area contributed by atoms with Gasteiger partial charge in [0.25, 0.3) is 0 Å². The molecule has 0 aromatic carbocycles. The number of hydrogen-bond acceptors (Lipinski definition) is 3. The van der Waals surface area contributed by atoms with Gasteiger partial charge in [-0.1, -0.05) is 20.8 Å². The molecular formula is C6H15B3O3. The normalized spacial score (nSPS) is 18.8. The Kier molecular flexibility index (Phi) is 4.19. The highest BCUT2D eigenvalue weighted by molar-refractivity contribution is 6.73. The van der Waals surface area contributed by atoms with Gasteiger partial charge in [-0.3, -0.25) is 0 Å². The molecule has 0 bridgehead atoms. The fraction of sp³-hybridized carbons (Fsp3) is 1.00. The molecule has 0 N–H and O–H groups in total. The predicted molar refractivity (Wildman–Crippen MR) is 52.0 cm³/mol. The maximum absolute atomic E-state index is 5.47. The fourth-order valence-corrected chi connectivity index (χ4v) is 1.18. The molecule has 6 heteroatoms. The molecule has 1 fully saturated rings. The Morgan fingerprint density at radius 1 is 0.667 bits per heavy atom. The third-order valence-corrected chi connectivity index (χ3v) is 1.91. The first kappa shape index (κ1) is 10.2. The van der Waals surface area contributed by atoms with Crippen LogP contribution in [0.15, 0.2) is 0 Å². The summed E-state index contributed by atoms with van der Waals surface area (Å²) in [5, 5.41) is 0. The van der Waals surface area contributed by atoms with Crippen molar-refractivity contribution in [3.63, 3.8) is 0 Å². The van der Waals surface area contributed by atoms with Crippen molar-refractivity contribution in [2.75, 3.05) is 0 Å². The summed E-state index contributed by atoms with van der Waals surface area (Å²) in [7, 11) is -0.226. The van der Waals surface area contributed by atoms with Crippen molar-refractivity contribution in [3.8, 4) is 0 Å². The lowest BCUT2D eigenvalue weighted by Crippen LogP contribution is -2.47. The molecule has 0 radical (unpaired) electrons. The molecule has 1 saturated heterocycles. The largest absolute Gasteiger partial charge is 0.453 e. The highest BCUT2D eigenvalue weighted by atomic mass is 17.6. The van der Waals surface area contributed by atoms with E-state index in [4.69, 9.17) is 13.7 Å². The Morgan fingerprint density at radius 2 is 0.917 bits per heavy atom. The van der Waals surface area contributed by atoms with Crippen LogP contribution in [-0.2, 0) is 13.7 Å². The van der Waals surface area contributed by atoms with Crippen LogP contribution >= 0.6 is 0 Å². The van der Waals surface area contributed by atoms with E-state index in [9.17, 15) is 0 Å². The molecule has 0 saturated carbocycles. The van der Waals surface area contributed by atoms with Crippen molar-refractivity contribution < 1.29 is 13.7 Å². The molecular weight excluding hydrogens is 155 g/mol. The van der Waals surface area contributed by atoms with Gasteiger partial charge in [0.05, 0.1) is 0 Å². The summed E-state index contributed by atoms with van der Waals surface area (Å²) in [6.45, 7) is 6.15. The van der Waals surface area contributed by atoms with Crippen molar-refractivity contribution in [1.29, 1.82) is 0 Å². The van der Waals surface area contributed by atoms with E-state index in [0.29, 0.717) is 0 Å². The lowest BCUT2D eigenvalue weighted by molar-refractivity contribution is 0.281. The number of hydrogen-bond donors (Lipinski definition) is 0. The van der Waals surface area contributed by atoms with Crippen LogP contribution in [0.1, 0.15) is 20.8 Å². The smallest absolute Gasteiger partial charge is 0.429 e. The van der Waals surface area contributed by atoms with Gasteiger partial charge in [0.1, 0.15) is 0 Å². The minimum atomic E-state index is -0.0753. The predicted octanol–water partition coefficient (Wildman–Crippen LogP) is 1.57. The summed E-state index contributed by atoms with van der Waals surface area (Å²) in [4.78, 5) is 0. The van der Waals surface area contributed by atoms with Gasteiger partial charge in [0.2, 0.25) is 0 Å². The van der Waals surface area contributed by atoms with Gasteiger partial charge in [-0.2, -0.15) is 0 Å². The number of rotatable bonds is 3. The molecule has 1 rings (SSSR count). The molecule has 0 unspecified atom stereocenters. The van der Waals surface area contributed by atoms with Crippen LogP contribution < -0.4 is 0 Å². The SMILES string of the molecule is CCB1[17O]B(CC)[17O]B(CC)[17O]1. The molecule has 3 nitrogen and oxygen atoms in total. The molecule has 66 valence electrons. The van der Waals surface area contributed by atoms with Crippen molar-refractivity contribution in [2.24, 2.45) is 0 Å². The highest BCUT2D eigenvalue weighted by Crippen LogP contribution is 2.14. The Hall–Kier alpha value is 0.0748. The van der Waals surface area contributed by atoms with Crippen LogP contribution in [0.2, 0.25) is 19.0 Å². The van der Waals surface area contributed by atoms with E-state index in [0.717, 1.165) is 19.0 Å². The topological polar surface area (TPSA) is 27.7 Å². The monoisotopic (exact) mass is 171 g/mol. The Bertz CT molecular complexity index is 105. The molecule has 1 heterocycles. The molecule has 0 spiro atoms. The lowest BCUT2D eigenvalue weighted by atomic mass is 9.72. The quantitative estimate of drug-likeness (QED) is 0.602. The Balaban J connectivity index is 2.41. The second-order valence-corrected chi connectivity index (χ2v) is 2.92. The average molecular weight is 171 g/mol. The minimum Gasteiger partial charge on any atom is -0.453 e. The average Bonchev–Trinajstić information content (AvgIpc) is 2.16. The Labute approximate surface area is 75.6 Å². The zero-order valence-corrected chi connectivity index (χ0v) is 8.08. The first-order valence-electron chi connectivity index (χ1n) is 4.76. The van der Waals surface area contributed by atoms with E-state index >= 15 is 0 Å². The van der Waals surface area contributed by atoms with Gasteiger partial charge in [0, 0.05) is 0 Å². The van der Waals surface area contributed by atoms with Crippen LogP contribution in [0.5, 0.6) is 0 Å². The van der Waals surface area contributed by atoms with Crippen LogP contribution in [0.4, 0.5) is 0 Å². The van der Waals surface area contributed by atoms with E-state index in [1.807, 2.05) is 0 Å². The van der Waals surface area contributed by atoms with Crippen LogP contribution in [-0.4, -0.2) is 21.4 Å². The van der Waals surface area contributed by atoms with Gasteiger partial charge in [-0.05, 0) is 19.0 Å². The lowest BCUT2D eigenvalue weighted by Gasteiger charge is -2.29. The van der Waals surface area contributed by atoms with Gasteiger partial charge in [0.15, 0.2) is 0 Å². The van der Waals surface area contributed by atoms with Gasteiger partial charge in [-0.15, -0.1) is 0 Å². The summed E-state index contributed by atoms with van der Waals surface area (Å²) in [6.07, 6.45) is 2.66. The summed E-state index contributed by atoms with van der Waals surface area (Å²) < 4.78 is 16.4. The van der Waals surface area contributed by atoms with Gasteiger partial charge >= 0.3 is 21.4 Å². The molecule has 12 heavy (non-hydrogen) atoms. The van der Waals surface area contributed by atoms with Crippen LogP contribution in [0, 0.1) is 0 Å². The molecule has 1 aliphatic rings. The summed E-state index contributed by atoms with van der Waals surface area (Å²) in [5.74, 6) is 0. The standard InChI is InChI=1S/C6H15B3O3/c1-4-7-10-8(5-2)12-9(6-3)11-7/h4-6H2,1-3H3/i10+1,11+1,12+1. The van der Waals surface area contributed by atoms with Gasteiger partial charge < -0.3 is 13.7 Å². The van der Waals surface area contributed by atoms with Crippen molar-refractivity contribution >= 4 is 21.4 Å². The van der Waals surface area contributed by atoms with E-state index in [1.165, 1.54) is 0 Å². The molecule has 1 aliphatic heterocycles. The third-order valence-electron chi connectivity index (χ3n) is 1.91. The van der Waals surface area contributed by atoms with E-state index < -0.39 is 0 Å². The molecule has 0 aliphatic carbocycles. The maximum atomic E-state index is 5.47. The summed E-state index contributed by atoms with van der Waals surface area (Å²) >= 11 is 0. The molecule has 0 atom stereocenters. The zero-order valence-electron chi connectivity index (χ0n) is 8.08. The zero-order chi connectivity index (χ0) is 8.97. The molecule has 0 aromatic heterocycles. The van der Waals surface area contributed by atoms with Crippen molar-refractivity contribution in [3.05, 3.63) is 0 Å². The van der Waals surface area contributed by atoms with Crippen molar-refractivity contribution in [2.45, 2.75) is 39.7 Å². The van der Waals surface area contributed by atoms with Gasteiger partial charge in [-0.25, -0.2) is 0 Å². The first-order chi connectivity index (χ1) is 5.80. The minimum absolute atomic E-state index is 0.0753. The third kappa shape index (κ3) is 2.54. The first-order valence-corrected chi connectivity index (χ1v) is 4.76. The maximum Gasteiger partial charge on any atom is 0.429 e. The van der Waals surface area contributed by atoms with E-state index in [1.54, 1.807) is 0 Å². The highest BCUT2D eigenvalue weighted by Gasteiger charge is 2.37. The summed E-state index contributed by atoms with van der Waals surface area (Å²) in [5.41, 5.74) is 0. The fourth-order valence-electron chi connectivity index (χ4n) is 1.18. The second kappa shape index (κ2) is 4.95. The summed E-state index contributed by atoms with van der Waals surface area (Å²) in [6, 6.07) is 0. The molecule has 0 amide bonds. The Morgan fingerprint density at radius 3 is 1.08 bits per heavy atom. The van der Waals surface area contributed by atoms with Crippen LogP contribution in [0.3, 0.4) is 0 Å². The van der Waals surface area contributed by atoms with Crippen LogP contribution in [0.25, 0.3) is 0 Å².